The molecule has 0 saturated heterocycles. The fourth-order valence-corrected chi connectivity index (χ4v) is 2.96. The molecular weight excluding hydrogens is 238 g/mol. The third-order valence-corrected chi connectivity index (χ3v) is 5.32. The first-order chi connectivity index (χ1) is 7.84. The van der Waals surface area contributed by atoms with Gasteiger partial charge in [-0.05, 0) is 37.1 Å². The van der Waals surface area contributed by atoms with E-state index in [2.05, 4.69) is 18.6 Å². The van der Waals surface area contributed by atoms with Crippen LogP contribution in [-0.2, 0) is 10.2 Å². The van der Waals surface area contributed by atoms with E-state index in [1.54, 1.807) is 7.05 Å². The van der Waals surface area contributed by atoms with E-state index in [1.807, 2.05) is 0 Å². The number of nitrogens with two attached hydrogens (primary N) is 1. The van der Waals surface area contributed by atoms with E-state index < -0.39 is 10.2 Å². The quantitative estimate of drug-likeness (QED) is 0.671. The van der Waals surface area contributed by atoms with Gasteiger partial charge in [0.1, 0.15) is 0 Å². The Hall–Kier alpha value is -0.170. The van der Waals surface area contributed by atoms with Gasteiger partial charge in [-0.2, -0.15) is 12.7 Å². The predicted octanol–water partition coefficient (Wildman–Crippen LogP) is 0.538. The van der Waals surface area contributed by atoms with E-state index in [0.29, 0.717) is 32.0 Å². The van der Waals surface area contributed by atoms with Crippen molar-refractivity contribution in [2.75, 3.05) is 26.7 Å². The predicted molar refractivity (Wildman–Crippen MR) is 69.7 cm³/mol. The molecule has 1 aliphatic rings. The van der Waals surface area contributed by atoms with Gasteiger partial charge in [-0.25, -0.2) is 4.72 Å². The first-order valence-electron chi connectivity index (χ1n) is 6.25. The van der Waals surface area contributed by atoms with Gasteiger partial charge >= 0.3 is 0 Å². The molecule has 5 nitrogen and oxygen atoms in total. The second kappa shape index (κ2) is 5.65. The Labute approximate surface area is 105 Å². The van der Waals surface area contributed by atoms with Crippen LogP contribution < -0.4 is 10.5 Å². The zero-order valence-corrected chi connectivity index (χ0v) is 11.9. The summed E-state index contributed by atoms with van der Waals surface area (Å²) in [5.74, 6) is 0.527. The summed E-state index contributed by atoms with van der Waals surface area (Å²) in [6, 6.07) is 0. The van der Waals surface area contributed by atoms with E-state index >= 15 is 0 Å². The van der Waals surface area contributed by atoms with Crippen molar-refractivity contribution in [2.45, 2.75) is 33.1 Å². The van der Waals surface area contributed by atoms with E-state index in [-0.39, 0.29) is 5.41 Å². The summed E-state index contributed by atoms with van der Waals surface area (Å²) in [6.07, 6.45) is 2.94. The molecule has 0 spiro atoms. The number of nitrogens with zero attached hydrogens (tertiary/aromatic N) is 1. The lowest BCUT2D eigenvalue weighted by Crippen LogP contribution is -2.42. The molecule has 0 radical (unpaired) electrons. The van der Waals surface area contributed by atoms with Gasteiger partial charge in [-0.3, -0.25) is 0 Å². The summed E-state index contributed by atoms with van der Waals surface area (Å²) in [7, 11) is -1.74. The van der Waals surface area contributed by atoms with Gasteiger partial charge in [0.2, 0.25) is 0 Å². The number of hydrogen-bond acceptors (Lipinski definition) is 3. The number of nitrogens with one attached hydrogen (secondary N) is 1. The van der Waals surface area contributed by atoms with Crippen LogP contribution in [-0.4, -0.2) is 39.4 Å². The molecule has 0 aromatic heterocycles. The Morgan fingerprint density at radius 3 is 2.41 bits per heavy atom. The van der Waals surface area contributed by atoms with E-state index in [1.165, 1.54) is 4.31 Å². The largest absolute Gasteiger partial charge is 0.330 e. The van der Waals surface area contributed by atoms with Crippen molar-refractivity contribution in [3.63, 3.8) is 0 Å². The van der Waals surface area contributed by atoms with Crippen LogP contribution >= 0.6 is 0 Å². The van der Waals surface area contributed by atoms with E-state index in [9.17, 15) is 8.42 Å². The van der Waals surface area contributed by atoms with Crippen LogP contribution in [0.1, 0.15) is 33.1 Å². The van der Waals surface area contributed by atoms with Crippen molar-refractivity contribution in [1.82, 2.24) is 9.03 Å². The van der Waals surface area contributed by atoms with E-state index in [0.717, 1.165) is 12.8 Å². The normalized spacial score (nSPS) is 18.9. The Morgan fingerprint density at radius 1 is 1.41 bits per heavy atom. The fourth-order valence-electron chi connectivity index (χ4n) is 1.90. The van der Waals surface area contributed by atoms with Crippen LogP contribution in [0, 0.1) is 11.3 Å². The minimum absolute atomic E-state index is 0.196. The van der Waals surface area contributed by atoms with Gasteiger partial charge in [-0.1, -0.05) is 13.8 Å². The molecule has 1 rings (SSSR count). The Bertz CT molecular complexity index is 337. The Balaban J connectivity index is 2.44. The zero-order chi connectivity index (χ0) is 13.1. The third-order valence-electron chi connectivity index (χ3n) is 3.81. The summed E-state index contributed by atoms with van der Waals surface area (Å²) in [5, 5.41) is 0. The van der Waals surface area contributed by atoms with Crippen molar-refractivity contribution < 1.29 is 8.42 Å². The lowest BCUT2D eigenvalue weighted by atomic mass is 9.93. The molecule has 1 saturated carbocycles. The van der Waals surface area contributed by atoms with Gasteiger partial charge in [0, 0.05) is 20.1 Å². The van der Waals surface area contributed by atoms with Crippen molar-refractivity contribution in [3.05, 3.63) is 0 Å². The molecule has 0 heterocycles. The molecule has 0 amide bonds. The van der Waals surface area contributed by atoms with Gasteiger partial charge in [0.05, 0.1) is 0 Å². The van der Waals surface area contributed by atoms with Crippen molar-refractivity contribution >= 4 is 10.2 Å². The smallest absolute Gasteiger partial charge is 0.279 e. The molecule has 1 fully saturated rings. The molecule has 0 unspecified atom stereocenters. The van der Waals surface area contributed by atoms with Crippen LogP contribution in [0.15, 0.2) is 0 Å². The molecule has 0 aromatic rings. The second-order valence-electron chi connectivity index (χ2n) is 5.31. The maximum absolute atomic E-state index is 11.9. The summed E-state index contributed by atoms with van der Waals surface area (Å²) < 4.78 is 27.9. The van der Waals surface area contributed by atoms with Gasteiger partial charge in [0.15, 0.2) is 0 Å². The van der Waals surface area contributed by atoms with Crippen LogP contribution in [0.5, 0.6) is 0 Å². The standard InChI is InChI=1S/C11H25N3O2S/c1-10(2)11(5-6-11)9-13-17(15,16)14(3)8-4-7-12/h10,13H,4-9,12H2,1-3H3. The molecule has 0 aromatic carbocycles. The number of hydrogen-bond donors (Lipinski definition) is 2. The molecule has 1 aliphatic carbocycles. The van der Waals surface area contributed by atoms with Gasteiger partial charge in [-0.15, -0.1) is 0 Å². The highest BCUT2D eigenvalue weighted by Gasteiger charge is 2.45. The van der Waals surface area contributed by atoms with Crippen molar-refractivity contribution in [1.29, 1.82) is 0 Å². The second-order valence-corrected chi connectivity index (χ2v) is 7.17. The molecule has 102 valence electrons. The molecule has 0 atom stereocenters. The Morgan fingerprint density at radius 2 is 2.00 bits per heavy atom. The summed E-state index contributed by atoms with van der Waals surface area (Å²) in [5.41, 5.74) is 5.57. The maximum Gasteiger partial charge on any atom is 0.279 e. The fraction of sp³-hybridized carbons (Fsp3) is 1.00. The highest BCUT2D eigenvalue weighted by molar-refractivity contribution is 7.87. The molecule has 0 aliphatic heterocycles. The third kappa shape index (κ3) is 3.91. The first kappa shape index (κ1) is 14.9. The van der Waals surface area contributed by atoms with E-state index in [4.69, 9.17) is 5.73 Å². The summed E-state index contributed by atoms with van der Waals surface area (Å²) >= 11 is 0. The SMILES string of the molecule is CC(C)C1(CNS(=O)(=O)N(C)CCCN)CC1. The molecule has 3 N–H and O–H groups in total. The molecule has 17 heavy (non-hydrogen) atoms. The lowest BCUT2D eigenvalue weighted by molar-refractivity contribution is 0.351. The van der Waals surface area contributed by atoms with Crippen molar-refractivity contribution in [3.8, 4) is 0 Å². The summed E-state index contributed by atoms with van der Waals surface area (Å²) in [4.78, 5) is 0. The van der Waals surface area contributed by atoms with Crippen LogP contribution in [0.25, 0.3) is 0 Å². The summed E-state index contributed by atoms with van der Waals surface area (Å²) in [6.45, 7) is 5.84. The van der Waals surface area contributed by atoms with Gasteiger partial charge in [0.25, 0.3) is 10.2 Å². The highest BCUT2D eigenvalue weighted by atomic mass is 32.2. The average molecular weight is 263 g/mol. The zero-order valence-electron chi connectivity index (χ0n) is 11.1. The maximum atomic E-state index is 11.9. The minimum Gasteiger partial charge on any atom is -0.330 e. The molecular formula is C11H25N3O2S. The average Bonchev–Trinajstić information content (AvgIpc) is 3.04. The van der Waals surface area contributed by atoms with Crippen molar-refractivity contribution in [2.24, 2.45) is 17.1 Å². The number of rotatable bonds is 8. The lowest BCUT2D eigenvalue weighted by Gasteiger charge is -2.23. The molecule has 6 heteroatoms. The van der Waals surface area contributed by atoms with Gasteiger partial charge < -0.3 is 5.73 Å². The Kier molecular flexibility index (Phi) is 4.95. The van der Waals surface area contributed by atoms with Crippen LogP contribution in [0.2, 0.25) is 0 Å². The molecule has 0 bridgehead atoms. The first-order valence-corrected chi connectivity index (χ1v) is 7.69. The highest BCUT2D eigenvalue weighted by Crippen LogP contribution is 2.51. The van der Waals surface area contributed by atoms with Crippen LogP contribution in [0.4, 0.5) is 0 Å². The minimum atomic E-state index is -3.33. The topological polar surface area (TPSA) is 75.4 Å². The monoisotopic (exact) mass is 263 g/mol. The van der Waals surface area contributed by atoms with Crippen LogP contribution in [0.3, 0.4) is 0 Å².